The third kappa shape index (κ3) is 3.43. The molecule has 0 saturated carbocycles. The Hall–Kier alpha value is -2.24. The Labute approximate surface area is 153 Å². The summed E-state index contributed by atoms with van der Waals surface area (Å²) in [7, 11) is 0. The molecule has 0 fully saturated rings. The van der Waals surface area contributed by atoms with E-state index >= 15 is 0 Å². The molecule has 0 spiro atoms. The number of benzene rings is 2. The van der Waals surface area contributed by atoms with Crippen LogP contribution in [-0.4, -0.2) is 11.2 Å². The summed E-state index contributed by atoms with van der Waals surface area (Å²) in [6.07, 6.45) is 0. The Bertz CT molecular complexity index is 1070. The van der Waals surface area contributed by atoms with E-state index in [9.17, 15) is 9.59 Å². The summed E-state index contributed by atoms with van der Waals surface area (Å²) >= 11 is 12.1. The number of hydrogen-bond donors (Lipinski definition) is 0. The highest BCUT2D eigenvalue weighted by atomic mass is 35.5. The number of ether oxygens (including phenoxy) is 1. The Balaban J connectivity index is 1.95. The van der Waals surface area contributed by atoms with Gasteiger partial charge in [-0.15, -0.1) is 0 Å². The van der Waals surface area contributed by atoms with Crippen LogP contribution >= 0.6 is 23.2 Å². The Morgan fingerprint density at radius 1 is 1.16 bits per heavy atom. The van der Waals surface area contributed by atoms with E-state index in [-0.39, 0.29) is 29.1 Å². The van der Waals surface area contributed by atoms with E-state index < -0.39 is 11.4 Å². The minimum Gasteiger partial charge on any atom is -0.491 e. The fourth-order valence-electron chi connectivity index (χ4n) is 2.61. The molecule has 0 aliphatic rings. The van der Waals surface area contributed by atoms with Crippen molar-refractivity contribution in [2.45, 2.75) is 20.4 Å². The minimum atomic E-state index is -0.786. The summed E-state index contributed by atoms with van der Waals surface area (Å²) < 4.78 is 11.8. The van der Waals surface area contributed by atoms with Gasteiger partial charge in [0, 0.05) is 5.02 Å². The van der Waals surface area contributed by atoms with Gasteiger partial charge in [0.25, 0.3) is 0 Å². The number of nitrogens with zero attached hydrogens (tertiary/aromatic N) is 1. The lowest BCUT2D eigenvalue weighted by atomic mass is 10.1. The van der Waals surface area contributed by atoms with Crippen molar-refractivity contribution in [2.24, 2.45) is 0 Å². The number of aromatic nitrogens is 1. The van der Waals surface area contributed by atoms with Gasteiger partial charge in [-0.1, -0.05) is 35.3 Å². The van der Waals surface area contributed by atoms with Crippen LogP contribution in [0.2, 0.25) is 10.0 Å². The van der Waals surface area contributed by atoms with Crippen LogP contribution in [0.25, 0.3) is 10.9 Å². The summed E-state index contributed by atoms with van der Waals surface area (Å²) in [5.41, 5.74) is 1.67. The second-order valence-corrected chi connectivity index (χ2v) is 6.48. The van der Waals surface area contributed by atoms with Crippen LogP contribution in [0.5, 0.6) is 5.75 Å². The average molecular weight is 380 g/mol. The van der Waals surface area contributed by atoms with E-state index in [1.165, 1.54) is 16.7 Å². The van der Waals surface area contributed by atoms with Gasteiger partial charge in [0.2, 0.25) is 0 Å². The lowest BCUT2D eigenvalue weighted by Gasteiger charge is -2.13. The molecule has 3 rings (SSSR count). The van der Waals surface area contributed by atoms with Crippen molar-refractivity contribution < 1.29 is 9.15 Å². The van der Waals surface area contributed by atoms with Crippen molar-refractivity contribution in [3.8, 4) is 5.75 Å². The molecule has 0 N–H and O–H groups in total. The normalized spacial score (nSPS) is 11.0. The maximum atomic E-state index is 12.1. The first-order chi connectivity index (χ1) is 11.9. The van der Waals surface area contributed by atoms with Gasteiger partial charge >= 0.3 is 11.4 Å². The predicted octanol–water partition coefficient (Wildman–Crippen LogP) is 3.96. The van der Waals surface area contributed by atoms with E-state index in [0.29, 0.717) is 5.02 Å². The zero-order chi connectivity index (χ0) is 18.1. The molecule has 0 aliphatic carbocycles. The summed E-state index contributed by atoms with van der Waals surface area (Å²) in [4.78, 5) is 24.0. The first kappa shape index (κ1) is 17.6. The van der Waals surface area contributed by atoms with Crippen molar-refractivity contribution in [2.75, 3.05) is 6.61 Å². The van der Waals surface area contributed by atoms with Gasteiger partial charge in [-0.3, -0.25) is 4.57 Å². The molecule has 0 amide bonds. The second-order valence-electron chi connectivity index (χ2n) is 5.64. The van der Waals surface area contributed by atoms with Crippen LogP contribution < -0.4 is 16.1 Å². The standard InChI is InChI=1S/C18H15Cl2NO4/c1-10-4-3-5-15(11(10)2)24-7-6-21-16-13(17(22)25-18(21)23)8-12(19)9-14(16)20/h3-5,8-9H,6-7H2,1-2H3. The fourth-order valence-corrected chi connectivity index (χ4v) is 3.20. The molecule has 7 heteroatoms. The van der Waals surface area contributed by atoms with E-state index in [1.807, 2.05) is 32.0 Å². The van der Waals surface area contributed by atoms with Gasteiger partial charge in [0.15, 0.2) is 0 Å². The molecular formula is C18H15Cl2NO4. The van der Waals surface area contributed by atoms with Crippen LogP contribution in [0.4, 0.5) is 0 Å². The van der Waals surface area contributed by atoms with Crippen molar-refractivity contribution in [1.82, 2.24) is 4.57 Å². The van der Waals surface area contributed by atoms with Crippen LogP contribution in [0, 0.1) is 13.8 Å². The van der Waals surface area contributed by atoms with Gasteiger partial charge in [-0.05, 0) is 43.2 Å². The first-order valence-electron chi connectivity index (χ1n) is 7.60. The smallest absolute Gasteiger partial charge is 0.422 e. The van der Waals surface area contributed by atoms with Gasteiger partial charge in [-0.25, -0.2) is 9.59 Å². The maximum absolute atomic E-state index is 12.1. The zero-order valence-corrected chi connectivity index (χ0v) is 15.1. The van der Waals surface area contributed by atoms with Gasteiger partial charge in [0.1, 0.15) is 12.4 Å². The van der Waals surface area contributed by atoms with Gasteiger partial charge in [0.05, 0.1) is 22.5 Å². The van der Waals surface area contributed by atoms with Gasteiger partial charge in [-0.2, -0.15) is 0 Å². The number of aryl methyl sites for hydroxylation is 1. The fraction of sp³-hybridized carbons (Fsp3) is 0.222. The zero-order valence-electron chi connectivity index (χ0n) is 13.6. The minimum absolute atomic E-state index is 0.156. The van der Waals surface area contributed by atoms with Crippen molar-refractivity contribution in [3.05, 3.63) is 72.5 Å². The Morgan fingerprint density at radius 2 is 1.92 bits per heavy atom. The molecule has 130 valence electrons. The molecule has 0 bridgehead atoms. The van der Waals surface area contributed by atoms with Crippen LogP contribution in [-0.2, 0) is 6.54 Å². The molecule has 0 atom stereocenters. The van der Waals surface area contributed by atoms with Crippen molar-refractivity contribution in [3.63, 3.8) is 0 Å². The summed E-state index contributed by atoms with van der Waals surface area (Å²) in [5.74, 6) is -0.0461. The number of hydrogen-bond acceptors (Lipinski definition) is 4. The quantitative estimate of drug-likeness (QED) is 0.688. The van der Waals surface area contributed by atoms with Crippen molar-refractivity contribution >= 4 is 34.1 Å². The van der Waals surface area contributed by atoms with Crippen LogP contribution in [0.15, 0.2) is 44.3 Å². The SMILES string of the molecule is Cc1cccc(OCCn2c(=O)oc(=O)c3cc(Cl)cc(Cl)c32)c1C. The molecule has 1 heterocycles. The molecule has 0 radical (unpaired) electrons. The largest absolute Gasteiger partial charge is 0.491 e. The highest BCUT2D eigenvalue weighted by molar-refractivity contribution is 6.38. The van der Waals surface area contributed by atoms with E-state index in [0.717, 1.165) is 16.9 Å². The van der Waals surface area contributed by atoms with E-state index in [1.54, 1.807) is 0 Å². The van der Waals surface area contributed by atoms with E-state index in [4.69, 9.17) is 32.4 Å². The van der Waals surface area contributed by atoms with Crippen LogP contribution in [0.1, 0.15) is 11.1 Å². The number of fused-ring (bicyclic) bond motifs is 1. The predicted molar refractivity (Wildman–Crippen MR) is 98.2 cm³/mol. The topological polar surface area (TPSA) is 61.4 Å². The Morgan fingerprint density at radius 3 is 2.68 bits per heavy atom. The highest BCUT2D eigenvalue weighted by Crippen LogP contribution is 2.25. The summed E-state index contributed by atoms with van der Waals surface area (Å²) in [6, 6.07) is 8.67. The average Bonchev–Trinajstić information content (AvgIpc) is 2.54. The molecule has 25 heavy (non-hydrogen) atoms. The molecule has 0 unspecified atom stereocenters. The van der Waals surface area contributed by atoms with E-state index in [2.05, 4.69) is 0 Å². The molecule has 5 nitrogen and oxygen atoms in total. The van der Waals surface area contributed by atoms with Crippen LogP contribution in [0.3, 0.4) is 0 Å². The molecular weight excluding hydrogens is 365 g/mol. The third-order valence-corrected chi connectivity index (χ3v) is 4.55. The molecule has 0 saturated heterocycles. The van der Waals surface area contributed by atoms with Gasteiger partial charge < -0.3 is 9.15 Å². The van der Waals surface area contributed by atoms with Crippen molar-refractivity contribution in [1.29, 1.82) is 0 Å². The Kier molecular flexibility index (Phi) is 4.88. The summed E-state index contributed by atoms with van der Waals surface area (Å²) in [5, 5.41) is 0.657. The summed E-state index contributed by atoms with van der Waals surface area (Å²) in [6.45, 7) is 4.35. The lowest BCUT2D eigenvalue weighted by Crippen LogP contribution is -2.27. The highest BCUT2D eigenvalue weighted by Gasteiger charge is 2.14. The monoisotopic (exact) mass is 379 g/mol. The molecule has 3 aromatic rings. The lowest BCUT2D eigenvalue weighted by molar-refractivity contribution is 0.285. The number of rotatable bonds is 4. The third-order valence-electron chi connectivity index (χ3n) is 4.05. The molecule has 2 aromatic carbocycles. The molecule has 1 aromatic heterocycles. The molecule has 0 aliphatic heterocycles. The maximum Gasteiger partial charge on any atom is 0.422 e. The second kappa shape index (κ2) is 6.94. The first-order valence-corrected chi connectivity index (χ1v) is 8.36. The number of halogens is 2.